The van der Waals surface area contributed by atoms with Gasteiger partial charge in [-0.1, -0.05) is 146 Å². The van der Waals surface area contributed by atoms with Crippen LogP contribution in [0.3, 0.4) is 0 Å². The van der Waals surface area contributed by atoms with Gasteiger partial charge in [0.2, 0.25) is 0 Å². The van der Waals surface area contributed by atoms with Crippen molar-refractivity contribution in [1.29, 1.82) is 0 Å². The van der Waals surface area contributed by atoms with Gasteiger partial charge in [0.1, 0.15) is 0 Å². The Morgan fingerprint density at radius 2 is 0.672 bits per heavy atom. The van der Waals surface area contributed by atoms with Crippen LogP contribution in [-0.2, 0) is 0 Å². The van der Waals surface area contributed by atoms with Gasteiger partial charge in [0.15, 0.2) is 0 Å². The highest BCUT2D eigenvalue weighted by atomic mass is 15.1. The molecule has 64 heavy (non-hydrogen) atoms. The third-order valence-corrected chi connectivity index (χ3v) is 12.6. The first-order valence-electron chi connectivity index (χ1n) is 21.9. The standard InChI is InChI=1S/C31H24N2.C29H22N2/c1-32(25-12-6-3-7-13-25)27-20-21-31-29(22-27)28-14-8-9-15-30(28)33(31)26-18-16-24(17-19-26)23-10-4-2-5-11-23;1-30(23-11-3-2-4-12-23)24-17-18-29-27(20-24)26-13-7-8-14-28(26)31(29)25-16-15-21-9-5-6-10-22(21)19-25/h2-22H,1H3;2-20H,1H3. The predicted molar refractivity (Wildman–Crippen MR) is 274 cm³/mol. The molecule has 4 nitrogen and oxygen atoms in total. The molecule has 4 heteroatoms. The molecule has 0 unspecified atom stereocenters. The Hall–Kier alpha value is -8.34. The number of para-hydroxylation sites is 4. The number of anilines is 4. The second-order valence-electron chi connectivity index (χ2n) is 16.3. The van der Waals surface area contributed by atoms with Gasteiger partial charge in [0.05, 0.1) is 22.1 Å². The summed E-state index contributed by atoms with van der Waals surface area (Å²) < 4.78 is 4.75. The molecule has 0 amide bonds. The van der Waals surface area contributed by atoms with Crippen LogP contribution < -0.4 is 9.80 Å². The zero-order valence-electron chi connectivity index (χ0n) is 35.9. The van der Waals surface area contributed by atoms with Gasteiger partial charge in [-0.3, -0.25) is 0 Å². The van der Waals surface area contributed by atoms with Crippen LogP contribution in [0.4, 0.5) is 22.7 Å². The average Bonchev–Trinajstić information content (AvgIpc) is 3.89. The van der Waals surface area contributed by atoms with Crippen LogP contribution in [0.25, 0.3) is 76.9 Å². The maximum absolute atomic E-state index is 2.38. The molecule has 10 aromatic carbocycles. The van der Waals surface area contributed by atoms with Gasteiger partial charge in [0.25, 0.3) is 0 Å². The average molecular weight is 823 g/mol. The Morgan fingerprint density at radius 3 is 1.22 bits per heavy atom. The Balaban J connectivity index is 0.000000143. The van der Waals surface area contributed by atoms with E-state index < -0.39 is 0 Å². The van der Waals surface area contributed by atoms with Gasteiger partial charge in [-0.25, -0.2) is 0 Å². The number of rotatable bonds is 7. The Labute approximate surface area is 373 Å². The number of fused-ring (bicyclic) bond motifs is 7. The fraction of sp³-hybridized carbons (Fsp3) is 0.0333. The van der Waals surface area contributed by atoms with Crippen LogP contribution in [0.1, 0.15) is 0 Å². The highest BCUT2D eigenvalue weighted by molar-refractivity contribution is 6.11. The number of benzene rings is 10. The monoisotopic (exact) mass is 822 g/mol. The number of hydrogen-bond acceptors (Lipinski definition) is 2. The van der Waals surface area contributed by atoms with Crippen molar-refractivity contribution in [2.75, 3.05) is 23.9 Å². The molecule has 0 aliphatic rings. The minimum atomic E-state index is 1.17. The highest BCUT2D eigenvalue weighted by Gasteiger charge is 2.16. The maximum Gasteiger partial charge on any atom is 0.0542 e. The van der Waals surface area contributed by atoms with Crippen LogP contribution in [0, 0.1) is 0 Å². The first kappa shape index (κ1) is 38.6. The molecule has 0 aliphatic carbocycles. The largest absolute Gasteiger partial charge is 0.345 e. The van der Waals surface area contributed by atoms with Crippen molar-refractivity contribution in [3.05, 3.63) is 243 Å². The predicted octanol–water partition coefficient (Wildman–Crippen LogP) is 15.9. The van der Waals surface area contributed by atoms with Gasteiger partial charge in [0, 0.05) is 69.8 Å². The summed E-state index contributed by atoms with van der Waals surface area (Å²) in [6, 6.07) is 86.5. The van der Waals surface area contributed by atoms with E-state index in [0.29, 0.717) is 0 Å². The first-order chi connectivity index (χ1) is 31.6. The summed E-state index contributed by atoms with van der Waals surface area (Å²) in [5.74, 6) is 0. The van der Waals surface area contributed by atoms with Gasteiger partial charge in [-0.15, -0.1) is 0 Å². The Bertz CT molecular complexity index is 3570. The van der Waals surface area contributed by atoms with Crippen molar-refractivity contribution in [3.8, 4) is 22.5 Å². The molecular weight excluding hydrogens is 777 g/mol. The van der Waals surface area contributed by atoms with E-state index in [1.165, 1.54) is 99.6 Å². The van der Waals surface area contributed by atoms with E-state index in [1.54, 1.807) is 0 Å². The van der Waals surface area contributed by atoms with E-state index in [0.717, 1.165) is 0 Å². The summed E-state index contributed by atoms with van der Waals surface area (Å²) in [5.41, 5.74) is 14.4. The van der Waals surface area contributed by atoms with Crippen LogP contribution in [0.5, 0.6) is 0 Å². The third kappa shape index (κ3) is 7.01. The molecule has 0 radical (unpaired) electrons. The van der Waals surface area contributed by atoms with E-state index in [2.05, 4.69) is 276 Å². The van der Waals surface area contributed by atoms with Crippen molar-refractivity contribution in [1.82, 2.24) is 9.13 Å². The zero-order valence-corrected chi connectivity index (χ0v) is 35.9. The second-order valence-corrected chi connectivity index (χ2v) is 16.3. The quantitative estimate of drug-likeness (QED) is 0.159. The molecule has 0 saturated carbocycles. The summed E-state index contributed by atoms with van der Waals surface area (Å²) in [5, 5.41) is 7.59. The van der Waals surface area contributed by atoms with Crippen molar-refractivity contribution in [3.63, 3.8) is 0 Å². The van der Waals surface area contributed by atoms with Crippen molar-refractivity contribution >= 4 is 77.1 Å². The molecule has 0 aliphatic heterocycles. The van der Waals surface area contributed by atoms with E-state index in [9.17, 15) is 0 Å². The van der Waals surface area contributed by atoms with Crippen LogP contribution in [-0.4, -0.2) is 23.2 Å². The minimum Gasteiger partial charge on any atom is -0.345 e. The summed E-state index contributed by atoms with van der Waals surface area (Å²) in [6.07, 6.45) is 0. The molecule has 12 aromatic rings. The third-order valence-electron chi connectivity index (χ3n) is 12.6. The van der Waals surface area contributed by atoms with E-state index in [-0.39, 0.29) is 0 Å². The molecule has 2 heterocycles. The Morgan fingerprint density at radius 1 is 0.266 bits per heavy atom. The SMILES string of the molecule is CN(c1ccccc1)c1ccc2c(c1)c1ccccc1n2-c1ccc(-c2ccccc2)cc1.CN(c1ccccc1)c1ccc2c(c1)c1ccccc1n2-c1ccc2ccccc2c1. The molecular formula is C60H46N4. The van der Waals surface area contributed by atoms with Gasteiger partial charge in [-0.05, 0) is 119 Å². The first-order valence-corrected chi connectivity index (χ1v) is 21.9. The van der Waals surface area contributed by atoms with E-state index in [1.807, 2.05) is 0 Å². The van der Waals surface area contributed by atoms with Gasteiger partial charge >= 0.3 is 0 Å². The van der Waals surface area contributed by atoms with Crippen LogP contribution in [0.2, 0.25) is 0 Å². The van der Waals surface area contributed by atoms with Gasteiger partial charge in [-0.2, -0.15) is 0 Å². The molecule has 0 N–H and O–H groups in total. The van der Waals surface area contributed by atoms with Crippen molar-refractivity contribution in [2.24, 2.45) is 0 Å². The lowest BCUT2D eigenvalue weighted by Crippen LogP contribution is -2.08. The topological polar surface area (TPSA) is 16.3 Å². The molecule has 0 spiro atoms. The lowest BCUT2D eigenvalue weighted by molar-refractivity contribution is 1.17. The van der Waals surface area contributed by atoms with Crippen LogP contribution in [0.15, 0.2) is 243 Å². The highest BCUT2D eigenvalue weighted by Crippen LogP contribution is 2.38. The number of hydrogen-bond donors (Lipinski definition) is 0. The van der Waals surface area contributed by atoms with Gasteiger partial charge < -0.3 is 18.9 Å². The molecule has 306 valence electrons. The summed E-state index contributed by atoms with van der Waals surface area (Å²) in [6.45, 7) is 0. The Kier molecular flexibility index (Phi) is 9.95. The lowest BCUT2D eigenvalue weighted by atomic mass is 10.1. The summed E-state index contributed by atoms with van der Waals surface area (Å²) in [7, 11) is 4.25. The molecule has 0 saturated heterocycles. The zero-order chi connectivity index (χ0) is 43.0. The molecule has 0 atom stereocenters. The molecule has 0 bridgehead atoms. The fourth-order valence-electron chi connectivity index (χ4n) is 9.25. The van der Waals surface area contributed by atoms with Crippen molar-refractivity contribution < 1.29 is 0 Å². The summed E-state index contributed by atoms with van der Waals surface area (Å²) >= 11 is 0. The lowest BCUT2D eigenvalue weighted by Gasteiger charge is -2.19. The normalized spacial score (nSPS) is 11.3. The summed E-state index contributed by atoms with van der Waals surface area (Å²) in [4.78, 5) is 4.47. The molecule has 12 rings (SSSR count). The van der Waals surface area contributed by atoms with Crippen molar-refractivity contribution in [2.45, 2.75) is 0 Å². The second kappa shape index (κ2) is 16.5. The van der Waals surface area contributed by atoms with E-state index >= 15 is 0 Å². The molecule has 0 fully saturated rings. The van der Waals surface area contributed by atoms with Crippen LogP contribution >= 0.6 is 0 Å². The molecule has 2 aromatic heterocycles. The van der Waals surface area contributed by atoms with E-state index in [4.69, 9.17) is 0 Å². The number of nitrogens with zero attached hydrogens (tertiary/aromatic N) is 4. The fourth-order valence-corrected chi connectivity index (χ4v) is 9.25. The number of aromatic nitrogens is 2. The minimum absolute atomic E-state index is 1.17. The smallest absolute Gasteiger partial charge is 0.0542 e. The maximum atomic E-state index is 2.38.